The van der Waals surface area contributed by atoms with E-state index >= 15 is 0 Å². The number of aliphatic hydroxyl groups excluding tert-OH is 1. The molecule has 0 bridgehead atoms. The van der Waals surface area contributed by atoms with Crippen LogP contribution >= 0.6 is 0 Å². The molecule has 0 fully saturated rings. The molecular formula is C14H21FN2O2. The van der Waals surface area contributed by atoms with E-state index in [9.17, 15) is 14.3 Å². The van der Waals surface area contributed by atoms with E-state index in [0.717, 1.165) is 18.9 Å². The zero-order valence-corrected chi connectivity index (χ0v) is 11.3. The Kier molecular flexibility index (Phi) is 5.76. The topological polar surface area (TPSA) is 75.3 Å². The molecule has 1 rings (SSSR count). The standard InChI is InChI=1S/C14H21FN2O2/c1-3-9(4-2)13(18)8-17-14(19)10-5-6-12(16)11(15)7-10/h5-7,9,13,18H,3-4,8,16H2,1-2H3,(H,17,19). The van der Waals surface area contributed by atoms with Gasteiger partial charge in [-0.15, -0.1) is 0 Å². The van der Waals surface area contributed by atoms with Crippen LogP contribution in [0.2, 0.25) is 0 Å². The lowest BCUT2D eigenvalue weighted by Crippen LogP contribution is -2.36. The first-order valence-electron chi connectivity index (χ1n) is 6.50. The van der Waals surface area contributed by atoms with Crippen molar-refractivity contribution < 1.29 is 14.3 Å². The molecule has 0 spiro atoms. The number of carbonyl (C=O) groups is 1. The van der Waals surface area contributed by atoms with Gasteiger partial charge in [-0.05, 0) is 24.1 Å². The molecule has 1 aromatic carbocycles. The summed E-state index contributed by atoms with van der Waals surface area (Å²) in [7, 11) is 0. The van der Waals surface area contributed by atoms with Crippen molar-refractivity contribution in [3.63, 3.8) is 0 Å². The van der Waals surface area contributed by atoms with Crippen molar-refractivity contribution >= 4 is 11.6 Å². The summed E-state index contributed by atoms with van der Waals surface area (Å²) in [5.74, 6) is -0.874. The number of aliphatic hydroxyl groups is 1. The summed E-state index contributed by atoms with van der Waals surface area (Å²) < 4.78 is 13.2. The van der Waals surface area contributed by atoms with Gasteiger partial charge >= 0.3 is 0 Å². The lowest BCUT2D eigenvalue weighted by Gasteiger charge is -2.20. The van der Waals surface area contributed by atoms with Gasteiger partial charge in [0.25, 0.3) is 5.91 Å². The van der Waals surface area contributed by atoms with Crippen molar-refractivity contribution in [3.8, 4) is 0 Å². The van der Waals surface area contributed by atoms with Crippen molar-refractivity contribution in [3.05, 3.63) is 29.6 Å². The molecule has 1 unspecified atom stereocenters. The Morgan fingerprint density at radius 2 is 2.05 bits per heavy atom. The molecule has 5 heteroatoms. The fraction of sp³-hybridized carbons (Fsp3) is 0.500. The van der Waals surface area contributed by atoms with Crippen LogP contribution in [0, 0.1) is 11.7 Å². The number of rotatable bonds is 6. The number of nitrogens with one attached hydrogen (secondary N) is 1. The molecule has 4 N–H and O–H groups in total. The quantitative estimate of drug-likeness (QED) is 0.690. The molecule has 1 aromatic rings. The fourth-order valence-electron chi connectivity index (χ4n) is 1.97. The number of halogens is 1. The van der Waals surface area contributed by atoms with Crippen molar-refractivity contribution in [2.24, 2.45) is 5.92 Å². The van der Waals surface area contributed by atoms with Crippen LogP contribution in [0.3, 0.4) is 0 Å². The lowest BCUT2D eigenvalue weighted by molar-refractivity contribution is 0.0816. The average Bonchev–Trinajstić information content (AvgIpc) is 2.40. The van der Waals surface area contributed by atoms with Crippen LogP contribution in [-0.4, -0.2) is 23.7 Å². The van der Waals surface area contributed by atoms with Gasteiger partial charge in [0.15, 0.2) is 0 Å². The molecule has 0 heterocycles. The number of anilines is 1. The van der Waals surface area contributed by atoms with Crippen LogP contribution in [0.1, 0.15) is 37.0 Å². The molecule has 106 valence electrons. The zero-order valence-electron chi connectivity index (χ0n) is 11.3. The van der Waals surface area contributed by atoms with Crippen LogP contribution in [0.15, 0.2) is 18.2 Å². The number of nitrogen functional groups attached to an aromatic ring is 1. The Morgan fingerprint density at radius 3 is 2.58 bits per heavy atom. The monoisotopic (exact) mass is 268 g/mol. The van der Waals surface area contributed by atoms with E-state index < -0.39 is 17.8 Å². The highest BCUT2D eigenvalue weighted by atomic mass is 19.1. The first-order chi connectivity index (χ1) is 8.99. The Balaban J connectivity index is 2.58. The Bertz CT molecular complexity index is 433. The maximum Gasteiger partial charge on any atom is 0.251 e. The smallest absolute Gasteiger partial charge is 0.251 e. The number of amides is 1. The van der Waals surface area contributed by atoms with Crippen LogP contribution in [0.5, 0.6) is 0 Å². The predicted octanol–water partition coefficient (Wildman–Crippen LogP) is 1.93. The molecule has 19 heavy (non-hydrogen) atoms. The van der Waals surface area contributed by atoms with Crippen LogP contribution < -0.4 is 11.1 Å². The van der Waals surface area contributed by atoms with E-state index in [1.54, 1.807) is 0 Å². The van der Waals surface area contributed by atoms with E-state index in [1.165, 1.54) is 12.1 Å². The van der Waals surface area contributed by atoms with Gasteiger partial charge in [0.2, 0.25) is 0 Å². The molecule has 0 aliphatic rings. The van der Waals surface area contributed by atoms with Crippen molar-refractivity contribution in [2.45, 2.75) is 32.8 Å². The van der Waals surface area contributed by atoms with Gasteiger partial charge < -0.3 is 16.2 Å². The number of hydrogen-bond acceptors (Lipinski definition) is 3. The summed E-state index contributed by atoms with van der Waals surface area (Å²) in [6, 6.07) is 3.90. The third-order valence-electron chi connectivity index (χ3n) is 3.33. The minimum atomic E-state index is -0.617. The highest BCUT2D eigenvalue weighted by Crippen LogP contribution is 2.14. The van der Waals surface area contributed by atoms with Gasteiger partial charge in [-0.25, -0.2) is 4.39 Å². The second-order valence-electron chi connectivity index (χ2n) is 4.59. The highest BCUT2D eigenvalue weighted by Gasteiger charge is 2.17. The number of carbonyl (C=O) groups excluding carboxylic acids is 1. The normalized spacial score (nSPS) is 12.5. The third-order valence-corrected chi connectivity index (χ3v) is 3.33. The second-order valence-corrected chi connectivity index (χ2v) is 4.59. The van der Waals surface area contributed by atoms with E-state index in [1.807, 2.05) is 13.8 Å². The molecular weight excluding hydrogens is 247 g/mol. The van der Waals surface area contributed by atoms with E-state index in [0.29, 0.717) is 0 Å². The first kappa shape index (κ1) is 15.4. The summed E-state index contributed by atoms with van der Waals surface area (Å²) in [5, 5.41) is 12.5. The summed E-state index contributed by atoms with van der Waals surface area (Å²) in [5.41, 5.74) is 5.55. The maximum absolute atomic E-state index is 13.2. The summed E-state index contributed by atoms with van der Waals surface area (Å²) in [6.07, 6.45) is 1.12. The number of nitrogens with two attached hydrogens (primary N) is 1. The fourth-order valence-corrected chi connectivity index (χ4v) is 1.97. The van der Waals surface area contributed by atoms with Crippen molar-refractivity contribution in [2.75, 3.05) is 12.3 Å². The van der Waals surface area contributed by atoms with Crippen LogP contribution in [0.25, 0.3) is 0 Å². The van der Waals surface area contributed by atoms with E-state index in [4.69, 9.17) is 5.73 Å². The third kappa shape index (κ3) is 4.21. The summed E-state index contributed by atoms with van der Waals surface area (Å²) in [4.78, 5) is 11.8. The first-order valence-corrected chi connectivity index (χ1v) is 6.50. The SMILES string of the molecule is CCC(CC)C(O)CNC(=O)c1ccc(N)c(F)c1. The van der Waals surface area contributed by atoms with E-state index in [-0.39, 0.29) is 23.7 Å². The van der Waals surface area contributed by atoms with Gasteiger partial charge in [-0.3, -0.25) is 4.79 Å². The molecule has 0 aliphatic heterocycles. The predicted molar refractivity (Wildman–Crippen MR) is 73.2 cm³/mol. The second kappa shape index (κ2) is 7.09. The Hall–Kier alpha value is -1.62. The molecule has 1 atom stereocenters. The van der Waals surface area contributed by atoms with Crippen LogP contribution in [0.4, 0.5) is 10.1 Å². The summed E-state index contributed by atoms with van der Waals surface area (Å²) in [6.45, 7) is 4.15. The number of hydrogen-bond donors (Lipinski definition) is 3. The van der Waals surface area contributed by atoms with Crippen molar-refractivity contribution in [1.82, 2.24) is 5.32 Å². The molecule has 1 amide bonds. The Labute approximate surface area is 112 Å². The van der Waals surface area contributed by atoms with Gasteiger partial charge in [-0.1, -0.05) is 26.7 Å². The van der Waals surface area contributed by atoms with Gasteiger partial charge in [0.1, 0.15) is 5.82 Å². The van der Waals surface area contributed by atoms with Gasteiger partial charge in [-0.2, -0.15) is 0 Å². The van der Waals surface area contributed by atoms with Crippen LogP contribution in [-0.2, 0) is 0 Å². The van der Waals surface area contributed by atoms with Gasteiger partial charge in [0.05, 0.1) is 11.8 Å². The average molecular weight is 268 g/mol. The Morgan fingerprint density at radius 1 is 1.42 bits per heavy atom. The molecule has 0 saturated heterocycles. The molecule has 0 saturated carbocycles. The van der Waals surface area contributed by atoms with E-state index in [2.05, 4.69) is 5.32 Å². The lowest BCUT2D eigenvalue weighted by atomic mass is 9.96. The van der Waals surface area contributed by atoms with Gasteiger partial charge in [0, 0.05) is 12.1 Å². The zero-order chi connectivity index (χ0) is 14.4. The molecule has 4 nitrogen and oxygen atoms in total. The highest BCUT2D eigenvalue weighted by molar-refractivity contribution is 5.94. The van der Waals surface area contributed by atoms with Crippen molar-refractivity contribution in [1.29, 1.82) is 0 Å². The maximum atomic E-state index is 13.2. The molecule has 0 radical (unpaired) electrons. The minimum absolute atomic E-state index is 0.00798. The molecule has 0 aliphatic carbocycles. The number of benzene rings is 1. The molecule has 0 aromatic heterocycles. The minimum Gasteiger partial charge on any atom is -0.396 e. The largest absolute Gasteiger partial charge is 0.396 e. The summed E-state index contributed by atoms with van der Waals surface area (Å²) >= 11 is 0.